The summed E-state index contributed by atoms with van der Waals surface area (Å²) in [6.45, 7) is 12.8. The Labute approximate surface area is 203 Å². The maximum absolute atomic E-state index is 5.57. The summed E-state index contributed by atoms with van der Waals surface area (Å²) in [6.07, 6.45) is 4.72. The topological polar surface area (TPSA) is 88.8 Å². The maximum Gasteiger partial charge on any atom is 0.191 e. The lowest BCUT2D eigenvalue weighted by atomic mass is 10.0. The van der Waals surface area contributed by atoms with Crippen molar-refractivity contribution in [2.75, 3.05) is 59.2 Å². The highest BCUT2D eigenvalue weighted by molar-refractivity contribution is 14.0. The van der Waals surface area contributed by atoms with E-state index in [4.69, 9.17) is 14.5 Å². The Kier molecular flexibility index (Phi) is 11.5. The van der Waals surface area contributed by atoms with Gasteiger partial charge in [0.25, 0.3) is 0 Å². The van der Waals surface area contributed by atoms with Crippen molar-refractivity contribution in [2.24, 2.45) is 17.5 Å². The molecule has 0 amide bonds. The number of rotatable bonds is 12. The van der Waals surface area contributed by atoms with E-state index in [2.05, 4.69) is 32.7 Å². The fraction of sp³-hybridized carbons (Fsp3) is 0.857. The van der Waals surface area contributed by atoms with E-state index in [0.717, 1.165) is 89.6 Å². The quantitative estimate of drug-likeness (QED) is 0.178. The molecule has 2 heterocycles. The summed E-state index contributed by atoms with van der Waals surface area (Å²) in [5.74, 6) is 2.64. The Morgan fingerprint density at radius 2 is 2.00 bits per heavy atom. The van der Waals surface area contributed by atoms with Crippen LogP contribution in [-0.4, -0.2) is 84.8 Å². The van der Waals surface area contributed by atoms with Crippen LogP contribution >= 0.6 is 24.0 Å². The molecular weight excluding hydrogens is 509 g/mol. The number of hydrogen-bond donors (Lipinski definition) is 2. The molecule has 9 nitrogen and oxygen atoms in total. The van der Waals surface area contributed by atoms with Crippen molar-refractivity contribution in [1.29, 1.82) is 0 Å². The van der Waals surface area contributed by atoms with E-state index in [-0.39, 0.29) is 24.0 Å². The van der Waals surface area contributed by atoms with Gasteiger partial charge in [-0.15, -0.1) is 34.2 Å². The summed E-state index contributed by atoms with van der Waals surface area (Å²) >= 11 is 0. The van der Waals surface area contributed by atoms with Crippen LogP contribution in [0.15, 0.2) is 4.99 Å². The maximum atomic E-state index is 5.57. The van der Waals surface area contributed by atoms with Crippen molar-refractivity contribution >= 4 is 29.9 Å². The molecule has 1 aromatic heterocycles. The third-order valence-electron chi connectivity index (χ3n) is 6.18. The van der Waals surface area contributed by atoms with Crippen LogP contribution in [0.2, 0.25) is 0 Å². The fourth-order valence-corrected chi connectivity index (χ4v) is 3.64. The normalized spacial score (nSPS) is 18.5. The van der Waals surface area contributed by atoms with E-state index in [1.54, 1.807) is 0 Å². The highest BCUT2D eigenvalue weighted by atomic mass is 127. The van der Waals surface area contributed by atoms with Crippen molar-refractivity contribution in [3.8, 4) is 0 Å². The van der Waals surface area contributed by atoms with Crippen LogP contribution in [-0.2, 0) is 23.1 Å². The molecule has 0 spiro atoms. The van der Waals surface area contributed by atoms with E-state index in [0.29, 0.717) is 12.0 Å². The molecule has 2 fully saturated rings. The highest BCUT2D eigenvalue weighted by Crippen LogP contribution is 2.48. The van der Waals surface area contributed by atoms with Crippen molar-refractivity contribution in [3.63, 3.8) is 0 Å². The lowest BCUT2D eigenvalue weighted by Gasteiger charge is -2.26. The number of nitrogens with one attached hydrogen (secondary N) is 2. The summed E-state index contributed by atoms with van der Waals surface area (Å²) < 4.78 is 13.0. The second kappa shape index (κ2) is 13.5. The molecule has 0 atom stereocenters. The minimum Gasteiger partial charge on any atom is -0.382 e. The number of ether oxygens (including phenoxy) is 2. The predicted molar refractivity (Wildman–Crippen MR) is 133 cm³/mol. The Balaban J connectivity index is 0.00000341. The van der Waals surface area contributed by atoms with Gasteiger partial charge in [0.2, 0.25) is 0 Å². The number of halogens is 1. The molecule has 1 saturated carbocycles. The van der Waals surface area contributed by atoms with Gasteiger partial charge in [-0.1, -0.05) is 0 Å². The van der Waals surface area contributed by atoms with E-state index in [1.807, 2.05) is 18.5 Å². The minimum atomic E-state index is 0. The van der Waals surface area contributed by atoms with Gasteiger partial charge in [0, 0.05) is 46.4 Å². The monoisotopic (exact) mass is 549 g/mol. The minimum absolute atomic E-state index is 0. The molecule has 1 aromatic rings. The first-order valence-corrected chi connectivity index (χ1v) is 11.4. The van der Waals surface area contributed by atoms with Crippen LogP contribution in [0.3, 0.4) is 0 Å². The van der Waals surface area contributed by atoms with Crippen molar-refractivity contribution in [3.05, 3.63) is 11.6 Å². The molecule has 178 valence electrons. The van der Waals surface area contributed by atoms with Gasteiger partial charge in [0.1, 0.15) is 12.4 Å². The van der Waals surface area contributed by atoms with Crippen LogP contribution in [0.5, 0.6) is 0 Å². The van der Waals surface area contributed by atoms with Gasteiger partial charge in [0.05, 0.1) is 13.2 Å². The van der Waals surface area contributed by atoms with Gasteiger partial charge < -0.3 is 24.7 Å². The van der Waals surface area contributed by atoms with Gasteiger partial charge >= 0.3 is 0 Å². The van der Waals surface area contributed by atoms with Crippen LogP contribution < -0.4 is 10.6 Å². The number of guanidine groups is 1. The number of hydrogen-bond acceptors (Lipinski definition) is 6. The zero-order valence-corrected chi connectivity index (χ0v) is 21.7. The number of nitrogens with zero attached hydrogens (tertiary/aromatic N) is 5. The molecule has 1 aliphatic carbocycles. The number of aromatic nitrogens is 3. The van der Waals surface area contributed by atoms with Gasteiger partial charge in [-0.05, 0) is 51.5 Å². The Morgan fingerprint density at radius 1 is 1.23 bits per heavy atom. The molecular formula is C21H40IN7O2. The van der Waals surface area contributed by atoms with E-state index in [1.165, 1.54) is 12.8 Å². The van der Waals surface area contributed by atoms with Crippen LogP contribution in [0, 0.1) is 12.3 Å². The van der Waals surface area contributed by atoms with Crippen LogP contribution in [0.4, 0.5) is 0 Å². The zero-order chi connectivity index (χ0) is 21.2. The fourth-order valence-electron chi connectivity index (χ4n) is 3.64. The van der Waals surface area contributed by atoms with Crippen molar-refractivity contribution < 1.29 is 9.47 Å². The van der Waals surface area contributed by atoms with Crippen LogP contribution in [0.25, 0.3) is 0 Å². The molecule has 0 aromatic carbocycles. The Morgan fingerprint density at radius 3 is 2.65 bits per heavy atom. The molecule has 31 heavy (non-hydrogen) atoms. The average Bonchev–Trinajstić information content (AvgIpc) is 3.47. The average molecular weight is 550 g/mol. The molecule has 2 N–H and O–H groups in total. The molecule has 10 heteroatoms. The molecule has 2 aliphatic rings. The first-order chi connectivity index (χ1) is 14.6. The van der Waals surface area contributed by atoms with Gasteiger partial charge in [-0.3, -0.25) is 4.90 Å². The summed E-state index contributed by atoms with van der Waals surface area (Å²) in [5, 5.41) is 15.5. The lowest BCUT2D eigenvalue weighted by molar-refractivity contribution is 0.0376. The third-order valence-corrected chi connectivity index (χ3v) is 6.18. The molecule has 3 rings (SSSR count). The largest absolute Gasteiger partial charge is 0.382 e. The summed E-state index contributed by atoms with van der Waals surface area (Å²) in [4.78, 5) is 7.25. The zero-order valence-electron chi connectivity index (χ0n) is 19.4. The lowest BCUT2D eigenvalue weighted by Crippen LogP contribution is -2.42. The van der Waals surface area contributed by atoms with Gasteiger partial charge in [-0.2, -0.15) is 0 Å². The van der Waals surface area contributed by atoms with E-state index < -0.39 is 0 Å². The Hall–Kier alpha value is -0.980. The summed E-state index contributed by atoms with van der Waals surface area (Å²) in [7, 11) is 1.98. The van der Waals surface area contributed by atoms with Crippen LogP contribution in [0.1, 0.15) is 44.3 Å². The van der Waals surface area contributed by atoms with Crippen molar-refractivity contribution in [2.45, 2.75) is 46.1 Å². The van der Waals surface area contributed by atoms with Crippen molar-refractivity contribution in [1.82, 2.24) is 30.3 Å². The number of aliphatic imine (C=N–C) groups is 1. The molecule has 1 saturated heterocycles. The second-order valence-corrected chi connectivity index (χ2v) is 8.42. The molecule has 1 aliphatic heterocycles. The highest BCUT2D eigenvalue weighted by Gasteiger charge is 2.41. The van der Waals surface area contributed by atoms with E-state index >= 15 is 0 Å². The van der Waals surface area contributed by atoms with Gasteiger partial charge in [-0.25, -0.2) is 4.99 Å². The Bertz CT molecular complexity index is 673. The predicted octanol–water partition coefficient (Wildman–Crippen LogP) is 1.71. The van der Waals surface area contributed by atoms with Gasteiger partial charge in [0.15, 0.2) is 11.8 Å². The second-order valence-electron chi connectivity index (χ2n) is 8.42. The first-order valence-electron chi connectivity index (χ1n) is 11.4. The molecule has 0 unspecified atom stereocenters. The summed E-state index contributed by atoms with van der Waals surface area (Å²) in [5.41, 5.74) is 0.368. The smallest absolute Gasteiger partial charge is 0.191 e. The summed E-state index contributed by atoms with van der Waals surface area (Å²) in [6, 6.07) is 0. The molecule has 0 radical (unpaired) electrons. The van der Waals surface area contributed by atoms with E-state index in [9.17, 15) is 0 Å². The molecule has 0 bridgehead atoms. The number of aryl methyl sites for hydroxylation is 1. The first kappa shape index (κ1) is 26.3. The number of morpholine rings is 1. The standard InChI is InChI=1S/C21H39N7O2.HI/c1-4-29-13-8-21(6-7-21)17-24-20(23-16-19-26-25-18(2)27(19)3)22-9-5-10-28-11-14-30-15-12-28;/h4-17H2,1-3H3,(H2,22,23,24);1H. The SMILES string of the molecule is CCOCCC1(CNC(=NCc2nnc(C)n2C)NCCCN2CCOCC2)CC1.I. The third kappa shape index (κ3) is 8.82.